The Kier molecular flexibility index (Phi) is 11.5. The lowest BCUT2D eigenvalue weighted by Gasteiger charge is -2.31. The highest BCUT2D eigenvalue weighted by atomic mass is 32.2. The molecule has 5 aromatic rings. The largest absolute Gasteiger partial charge is 0.453 e. The van der Waals surface area contributed by atoms with Crippen LogP contribution in [0.25, 0.3) is 10.2 Å². The molecule has 0 unspecified atom stereocenters. The van der Waals surface area contributed by atoms with Crippen molar-refractivity contribution < 1.29 is 27.9 Å². The molecular weight excluding hydrogens is 697 g/mol. The predicted molar refractivity (Wildman–Crippen MR) is 193 cm³/mol. The summed E-state index contributed by atoms with van der Waals surface area (Å²) in [6.45, 7) is 0.989. The zero-order valence-electron chi connectivity index (χ0n) is 27.2. The van der Waals surface area contributed by atoms with Gasteiger partial charge in [0.2, 0.25) is 15.9 Å². The average molecular weight is 735 g/mol. The van der Waals surface area contributed by atoms with E-state index in [1.165, 1.54) is 34.1 Å². The Bertz CT molecular complexity index is 1960. The number of hydrazine groups is 1. The van der Waals surface area contributed by atoms with Crippen LogP contribution in [-0.2, 0) is 26.1 Å². The van der Waals surface area contributed by atoms with Crippen molar-refractivity contribution in [3.8, 4) is 0 Å². The van der Waals surface area contributed by atoms with E-state index in [2.05, 4.69) is 26.5 Å². The summed E-state index contributed by atoms with van der Waals surface area (Å²) in [4.78, 5) is 32.2. The number of nitrogens with one attached hydrogen (secondary N) is 4. The number of methoxy groups -OCH3 is 1. The van der Waals surface area contributed by atoms with Gasteiger partial charge in [0.25, 0.3) is 0 Å². The molecule has 0 bridgehead atoms. The third kappa shape index (κ3) is 8.05. The summed E-state index contributed by atoms with van der Waals surface area (Å²) >= 11 is 2.74. The summed E-state index contributed by atoms with van der Waals surface area (Å²) in [6.07, 6.45) is -0.742. The maximum Gasteiger partial charge on any atom is 0.407 e. The highest BCUT2D eigenvalue weighted by molar-refractivity contribution is 7.89. The summed E-state index contributed by atoms with van der Waals surface area (Å²) in [5.41, 5.74) is 10.1. The number of alkyl carbamates (subject to hydrolysis) is 1. The molecule has 262 valence electrons. The minimum atomic E-state index is -4.05. The molecule has 2 amide bonds. The van der Waals surface area contributed by atoms with Crippen LogP contribution in [0.4, 0.5) is 4.79 Å². The number of rotatable bonds is 14. The number of aliphatic hydroxyl groups is 1. The topological polar surface area (TPSA) is 162 Å². The minimum absolute atomic E-state index is 0.0260. The first-order valence-corrected chi connectivity index (χ1v) is 19.1. The standard InChI is InChI=1S/C35H38N6O6S3/c1-47-35(44)40-33(32(24-8-4-2-5-9-24)25-10-6-3-7-11-25)34(43)36-19-26-12-14-31(49-26)29(21-42)41(20-23-17-38-39-18-23)50(45,46)27-13-15-30-28(16-27)37-22-48-30/h2-16,22-23,29,32-33,38-39,42H,17-21H2,1H3,(H,36,43)(H,40,44)/t29-,33-/m0/s1. The van der Waals surface area contributed by atoms with Crippen molar-refractivity contribution in [1.82, 2.24) is 30.8 Å². The molecule has 12 nitrogen and oxygen atoms in total. The molecule has 3 aromatic carbocycles. The van der Waals surface area contributed by atoms with Crippen molar-refractivity contribution in [2.24, 2.45) is 5.92 Å². The minimum Gasteiger partial charge on any atom is -0.453 e. The van der Waals surface area contributed by atoms with Gasteiger partial charge in [0.05, 0.1) is 46.9 Å². The van der Waals surface area contributed by atoms with Gasteiger partial charge in [-0.2, -0.15) is 4.31 Å². The molecular formula is C35H38N6O6S3. The van der Waals surface area contributed by atoms with Crippen LogP contribution in [0.15, 0.2) is 101 Å². The number of carbonyl (C=O) groups excluding carboxylic acids is 2. The van der Waals surface area contributed by atoms with Gasteiger partial charge in [-0.25, -0.2) is 18.2 Å². The fraction of sp³-hybridized carbons (Fsp3) is 0.286. The van der Waals surface area contributed by atoms with Crippen molar-refractivity contribution >= 4 is 54.9 Å². The number of aromatic nitrogens is 1. The van der Waals surface area contributed by atoms with Crippen LogP contribution in [0.1, 0.15) is 32.8 Å². The number of aliphatic hydroxyl groups excluding tert-OH is 1. The van der Waals surface area contributed by atoms with Gasteiger partial charge in [-0.1, -0.05) is 60.7 Å². The number of hydrogen-bond acceptors (Lipinski definition) is 11. The Hall–Kier alpha value is -4.22. The second-order valence-electron chi connectivity index (χ2n) is 11.8. The third-order valence-electron chi connectivity index (χ3n) is 8.61. The van der Waals surface area contributed by atoms with Gasteiger partial charge in [-0.3, -0.25) is 15.6 Å². The van der Waals surface area contributed by atoms with E-state index >= 15 is 0 Å². The molecule has 3 heterocycles. The number of amides is 2. The SMILES string of the molecule is COC(=O)N[C@H](C(=O)NCc1ccc([C@H](CO)N(CC2CNNC2)S(=O)(=O)c2ccc3scnc3c2)s1)C(c1ccccc1)c1ccccc1. The Morgan fingerprint density at radius 1 is 1.00 bits per heavy atom. The number of fused-ring (bicyclic) bond motifs is 1. The Morgan fingerprint density at radius 3 is 2.32 bits per heavy atom. The van der Waals surface area contributed by atoms with Crippen molar-refractivity contribution in [3.63, 3.8) is 0 Å². The average Bonchev–Trinajstić information content (AvgIpc) is 3.94. The van der Waals surface area contributed by atoms with Gasteiger partial charge < -0.3 is 20.5 Å². The van der Waals surface area contributed by atoms with Gasteiger partial charge >= 0.3 is 6.09 Å². The van der Waals surface area contributed by atoms with Gasteiger partial charge in [-0.15, -0.1) is 22.7 Å². The molecule has 15 heteroatoms. The van der Waals surface area contributed by atoms with Crippen LogP contribution in [-0.4, -0.2) is 74.2 Å². The van der Waals surface area contributed by atoms with E-state index in [4.69, 9.17) is 4.74 Å². The van der Waals surface area contributed by atoms with E-state index in [0.717, 1.165) is 20.7 Å². The number of ether oxygens (including phenoxy) is 1. The van der Waals surface area contributed by atoms with Crippen LogP contribution in [0.2, 0.25) is 0 Å². The summed E-state index contributed by atoms with van der Waals surface area (Å²) in [6, 6.07) is 25.5. The number of sulfonamides is 1. The lowest BCUT2D eigenvalue weighted by molar-refractivity contribution is -0.123. The second-order valence-corrected chi connectivity index (χ2v) is 15.8. The molecule has 0 radical (unpaired) electrons. The highest BCUT2D eigenvalue weighted by Crippen LogP contribution is 2.34. The molecule has 0 aliphatic carbocycles. The van der Waals surface area contributed by atoms with Crippen molar-refractivity contribution in [2.75, 3.05) is 33.4 Å². The number of carbonyl (C=O) groups is 2. The van der Waals surface area contributed by atoms with E-state index in [0.29, 0.717) is 23.5 Å². The summed E-state index contributed by atoms with van der Waals surface area (Å²) in [5, 5.41) is 16.4. The Balaban J connectivity index is 1.25. The zero-order chi connectivity index (χ0) is 35.1. The first kappa shape index (κ1) is 35.6. The molecule has 2 aromatic heterocycles. The smallest absolute Gasteiger partial charge is 0.407 e. The monoisotopic (exact) mass is 734 g/mol. The van der Waals surface area contributed by atoms with Crippen molar-refractivity contribution in [2.45, 2.75) is 29.4 Å². The highest BCUT2D eigenvalue weighted by Gasteiger charge is 2.36. The van der Waals surface area contributed by atoms with Gasteiger partial charge in [0.1, 0.15) is 6.04 Å². The fourth-order valence-electron chi connectivity index (χ4n) is 6.08. The molecule has 50 heavy (non-hydrogen) atoms. The molecule has 5 N–H and O–H groups in total. The summed E-state index contributed by atoms with van der Waals surface area (Å²) < 4.78 is 35.6. The van der Waals surface area contributed by atoms with Crippen LogP contribution in [0.5, 0.6) is 0 Å². The lowest BCUT2D eigenvalue weighted by atomic mass is 9.84. The number of thiazole rings is 1. The molecule has 6 rings (SSSR count). The van der Waals surface area contributed by atoms with Gasteiger partial charge in [0, 0.05) is 41.2 Å². The van der Waals surface area contributed by atoms with E-state index < -0.39 is 46.6 Å². The van der Waals surface area contributed by atoms with E-state index in [1.54, 1.807) is 29.8 Å². The molecule has 1 aliphatic rings. The molecule has 2 atom stereocenters. The van der Waals surface area contributed by atoms with E-state index in [9.17, 15) is 23.1 Å². The van der Waals surface area contributed by atoms with Gasteiger partial charge in [-0.05, 0) is 41.5 Å². The summed E-state index contributed by atoms with van der Waals surface area (Å²) in [7, 11) is -2.81. The van der Waals surface area contributed by atoms with Crippen molar-refractivity contribution in [3.05, 3.63) is 117 Å². The number of thiophene rings is 1. The van der Waals surface area contributed by atoms with Crippen LogP contribution >= 0.6 is 22.7 Å². The van der Waals surface area contributed by atoms with Crippen LogP contribution < -0.4 is 21.5 Å². The molecule has 0 saturated carbocycles. The first-order chi connectivity index (χ1) is 24.3. The molecule has 1 aliphatic heterocycles. The normalized spacial score (nSPS) is 15.0. The van der Waals surface area contributed by atoms with Crippen molar-refractivity contribution in [1.29, 1.82) is 0 Å². The number of hydrogen-bond donors (Lipinski definition) is 5. The Labute approximate surface area is 298 Å². The zero-order valence-corrected chi connectivity index (χ0v) is 29.6. The molecule has 1 fully saturated rings. The fourth-order valence-corrected chi connectivity index (χ4v) is 9.55. The lowest BCUT2D eigenvalue weighted by Crippen LogP contribution is -2.50. The Morgan fingerprint density at radius 2 is 1.68 bits per heavy atom. The third-order valence-corrected chi connectivity index (χ3v) is 12.5. The second kappa shape index (κ2) is 16.2. The summed E-state index contributed by atoms with van der Waals surface area (Å²) in [5.74, 6) is -0.970. The van der Waals surface area contributed by atoms with E-state index in [1.807, 2.05) is 66.7 Å². The molecule has 0 spiro atoms. The predicted octanol–water partition coefficient (Wildman–Crippen LogP) is 3.98. The first-order valence-electron chi connectivity index (χ1n) is 16.0. The van der Waals surface area contributed by atoms with Crippen LogP contribution in [0, 0.1) is 5.92 Å². The van der Waals surface area contributed by atoms with Crippen LogP contribution in [0.3, 0.4) is 0 Å². The van der Waals surface area contributed by atoms with Gasteiger partial charge in [0.15, 0.2) is 0 Å². The molecule has 1 saturated heterocycles. The maximum atomic E-state index is 14.2. The van der Waals surface area contributed by atoms with E-state index in [-0.39, 0.29) is 23.9 Å². The quantitative estimate of drug-likeness (QED) is 0.114. The number of benzene rings is 3. The number of nitrogens with zero attached hydrogens (tertiary/aromatic N) is 2. The maximum absolute atomic E-state index is 14.2.